The van der Waals surface area contributed by atoms with E-state index in [1.54, 1.807) is 23.3 Å². The molecule has 0 aliphatic carbocycles. The van der Waals surface area contributed by atoms with Crippen molar-refractivity contribution in [3.63, 3.8) is 0 Å². The van der Waals surface area contributed by atoms with Gasteiger partial charge in [0, 0.05) is 66.3 Å². The molecule has 1 aromatic carbocycles. The summed E-state index contributed by atoms with van der Waals surface area (Å²) >= 11 is 5.21. The number of hydrogen-bond acceptors (Lipinski definition) is 8. The van der Waals surface area contributed by atoms with Gasteiger partial charge in [-0.05, 0) is 35.5 Å². The number of thiophene rings is 1. The average molecular weight is 512 g/mol. The molecule has 5 heterocycles. The minimum absolute atomic E-state index is 0.274. The number of alkyl carbamates (subject to hydrolysis) is 1. The van der Waals surface area contributed by atoms with Crippen LogP contribution in [0.3, 0.4) is 0 Å². The topological polar surface area (TPSA) is 73.5 Å². The highest BCUT2D eigenvalue weighted by atomic mass is 32.2. The van der Waals surface area contributed by atoms with Gasteiger partial charge in [-0.25, -0.2) is 9.78 Å². The number of aromatic amines is 1. The van der Waals surface area contributed by atoms with Gasteiger partial charge in [0.1, 0.15) is 10.6 Å². The highest BCUT2D eigenvalue weighted by Gasteiger charge is 2.42. The maximum atomic E-state index is 11.5. The predicted molar refractivity (Wildman–Crippen MR) is 140 cm³/mol. The van der Waals surface area contributed by atoms with Crippen molar-refractivity contribution in [3.05, 3.63) is 52.2 Å². The zero-order chi connectivity index (χ0) is 23.1. The van der Waals surface area contributed by atoms with Gasteiger partial charge in [-0.15, -0.1) is 22.7 Å². The van der Waals surface area contributed by atoms with Crippen molar-refractivity contribution in [1.82, 2.24) is 20.2 Å². The average Bonchev–Trinajstić information content (AvgIpc) is 3.63. The molecule has 2 aliphatic rings. The van der Waals surface area contributed by atoms with Crippen LogP contribution < -0.4 is 9.62 Å². The zero-order valence-corrected chi connectivity index (χ0v) is 21.2. The van der Waals surface area contributed by atoms with Crippen LogP contribution in [-0.2, 0) is 11.3 Å². The molecule has 0 atom stereocenters. The number of benzene rings is 1. The van der Waals surface area contributed by atoms with E-state index in [-0.39, 0.29) is 11.7 Å². The summed E-state index contributed by atoms with van der Waals surface area (Å²) in [5.74, 6) is 0. The summed E-state index contributed by atoms with van der Waals surface area (Å²) in [6.07, 6.45) is 3.33. The van der Waals surface area contributed by atoms with E-state index >= 15 is 0 Å². The number of amides is 1. The number of hydrogen-bond donors (Lipinski definition) is 2. The molecule has 2 N–H and O–H groups in total. The Morgan fingerprint density at radius 2 is 2.12 bits per heavy atom. The largest absolute Gasteiger partial charge is 0.441 e. The van der Waals surface area contributed by atoms with Crippen molar-refractivity contribution < 1.29 is 9.53 Å². The fourth-order valence-electron chi connectivity index (χ4n) is 4.70. The van der Waals surface area contributed by atoms with Crippen LogP contribution in [0.2, 0.25) is 0 Å². The van der Waals surface area contributed by atoms with E-state index in [1.165, 1.54) is 15.2 Å². The molecule has 6 rings (SSSR count). The van der Waals surface area contributed by atoms with Gasteiger partial charge >= 0.3 is 6.09 Å². The van der Waals surface area contributed by atoms with Gasteiger partial charge < -0.3 is 19.3 Å². The van der Waals surface area contributed by atoms with Crippen molar-refractivity contribution in [2.75, 3.05) is 31.0 Å². The molecule has 0 unspecified atom stereocenters. The van der Waals surface area contributed by atoms with Crippen LogP contribution in [0, 0.1) is 0 Å². The number of aromatic nitrogens is 2. The molecule has 2 saturated heterocycles. The Morgan fingerprint density at radius 1 is 1.24 bits per heavy atom. The van der Waals surface area contributed by atoms with Crippen LogP contribution in [0.4, 0.5) is 10.5 Å². The van der Waals surface area contributed by atoms with E-state index in [0.717, 1.165) is 54.4 Å². The summed E-state index contributed by atoms with van der Waals surface area (Å²) in [6, 6.07) is 10.8. The first kappa shape index (κ1) is 22.0. The van der Waals surface area contributed by atoms with Gasteiger partial charge in [0.15, 0.2) is 0 Å². The Morgan fingerprint density at radius 3 is 2.88 bits per heavy atom. The van der Waals surface area contributed by atoms with Crippen LogP contribution in [0.1, 0.15) is 17.7 Å². The standard InChI is InChI=1S/C24H25N5O2S3/c1-28(18-4-2-3-16-13-17(27-21(16)18)22-25-8-12-33-22)34-19-5-11-32-20(19)14-29-9-6-24(7-10-29)15-26-23(30)31-24/h2-5,8,11-13,27H,6-7,9-10,14-15H2,1H3,(H,26,30). The monoisotopic (exact) mass is 511 g/mol. The first-order chi connectivity index (χ1) is 16.6. The first-order valence-electron chi connectivity index (χ1n) is 11.3. The second-order valence-electron chi connectivity index (χ2n) is 8.76. The number of para-hydroxylation sites is 1. The van der Waals surface area contributed by atoms with E-state index in [9.17, 15) is 4.79 Å². The Balaban J connectivity index is 1.15. The van der Waals surface area contributed by atoms with Gasteiger partial charge in [-0.1, -0.05) is 12.1 Å². The van der Waals surface area contributed by atoms with E-state index in [4.69, 9.17) is 4.74 Å². The van der Waals surface area contributed by atoms with Crippen molar-refractivity contribution in [2.45, 2.75) is 29.9 Å². The van der Waals surface area contributed by atoms with Crippen LogP contribution in [0.25, 0.3) is 21.6 Å². The molecule has 0 saturated carbocycles. The fourth-order valence-corrected chi connectivity index (χ4v) is 7.30. The lowest BCUT2D eigenvalue weighted by molar-refractivity contribution is -0.000929. The molecule has 3 aromatic heterocycles. The highest BCUT2D eigenvalue weighted by molar-refractivity contribution is 8.00. The third-order valence-electron chi connectivity index (χ3n) is 6.57. The van der Waals surface area contributed by atoms with Crippen LogP contribution in [0.15, 0.2) is 52.2 Å². The molecular formula is C24H25N5O2S3. The molecule has 34 heavy (non-hydrogen) atoms. The summed E-state index contributed by atoms with van der Waals surface area (Å²) in [7, 11) is 2.12. The smallest absolute Gasteiger partial charge is 0.407 e. The van der Waals surface area contributed by atoms with Crippen molar-refractivity contribution in [3.8, 4) is 10.7 Å². The van der Waals surface area contributed by atoms with Gasteiger partial charge in [-0.2, -0.15) is 0 Å². The Kier molecular flexibility index (Phi) is 5.76. The van der Waals surface area contributed by atoms with Crippen molar-refractivity contribution in [2.24, 2.45) is 0 Å². The Bertz CT molecular complexity index is 1310. The summed E-state index contributed by atoms with van der Waals surface area (Å²) in [5, 5.41) is 9.18. The normalized spacial score (nSPS) is 17.9. The number of piperidine rings is 1. The second-order valence-corrected chi connectivity index (χ2v) is 11.8. The number of ether oxygens (including phenoxy) is 1. The lowest BCUT2D eigenvalue weighted by Gasteiger charge is -2.37. The number of thiazole rings is 1. The van der Waals surface area contributed by atoms with Gasteiger partial charge in [0.2, 0.25) is 0 Å². The van der Waals surface area contributed by atoms with E-state index in [0.29, 0.717) is 6.54 Å². The summed E-state index contributed by atoms with van der Waals surface area (Å²) in [4.78, 5) is 24.7. The lowest BCUT2D eigenvalue weighted by Crippen LogP contribution is -2.46. The quantitative estimate of drug-likeness (QED) is 0.330. The maximum Gasteiger partial charge on any atom is 0.407 e. The lowest BCUT2D eigenvalue weighted by atomic mass is 9.92. The molecule has 7 nitrogen and oxygen atoms in total. The number of nitrogens with one attached hydrogen (secondary N) is 2. The molecule has 4 aromatic rings. The number of carbonyl (C=O) groups is 1. The van der Waals surface area contributed by atoms with Crippen LogP contribution >= 0.6 is 34.6 Å². The minimum Gasteiger partial charge on any atom is -0.441 e. The number of likely N-dealkylation sites (tertiary alicyclic amines) is 1. The Hall–Kier alpha value is -2.53. The van der Waals surface area contributed by atoms with Crippen molar-refractivity contribution >= 4 is 57.3 Å². The van der Waals surface area contributed by atoms with Gasteiger partial charge in [-0.3, -0.25) is 4.90 Å². The van der Waals surface area contributed by atoms with Gasteiger partial charge in [0.05, 0.1) is 23.4 Å². The number of carbonyl (C=O) groups excluding carboxylic acids is 1. The predicted octanol–water partition coefficient (Wildman–Crippen LogP) is 5.57. The van der Waals surface area contributed by atoms with E-state index < -0.39 is 0 Å². The van der Waals surface area contributed by atoms with Crippen molar-refractivity contribution in [1.29, 1.82) is 0 Å². The minimum atomic E-state index is -0.299. The molecule has 0 radical (unpaired) electrons. The molecule has 1 amide bonds. The summed E-state index contributed by atoms with van der Waals surface area (Å²) < 4.78 is 7.81. The van der Waals surface area contributed by atoms with Gasteiger partial charge in [0.25, 0.3) is 0 Å². The van der Waals surface area contributed by atoms with Crippen LogP contribution in [-0.4, -0.2) is 53.2 Å². The third-order valence-corrected chi connectivity index (χ3v) is 9.47. The maximum absolute atomic E-state index is 11.5. The number of fused-ring (bicyclic) bond motifs is 1. The Labute approximate surface area is 210 Å². The number of H-pyrrole nitrogens is 1. The molecular weight excluding hydrogens is 486 g/mol. The first-order valence-corrected chi connectivity index (χ1v) is 13.8. The molecule has 1 spiro atoms. The molecule has 10 heteroatoms. The number of anilines is 1. The van der Waals surface area contributed by atoms with E-state index in [2.05, 4.69) is 67.2 Å². The molecule has 176 valence electrons. The zero-order valence-electron chi connectivity index (χ0n) is 18.7. The molecule has 2 fully saturated rings. The number of rotatable bonds is 6. The SMILES string of the molecule is CN(Sc1ccsc1CN1CCC2(CC1)CNC(=O)O2)c1cccc2cc(-c3nccs3)[nH]c12. The summed E-state index contributed by atoms with van der Waals surface area (Å²) in [6.45, 7) is 3.44. The summed E-state index contributed by atoms with van der Waals surface area (Å²) in [5.41, 5.74) is 3.03. The molecule has 2 aliphatic heterocycles. The fraction of sp³-hybridized carbons (Fsp3) is 0.333. The van der Waals surface area contributed by atoms with Crippen LogP contribution in [0.5, 0.6) is 0 Å². The number of nitrogens with zero attached hydrogens (tertiary/aromatic N) is 3. The third kappa shape index (κ3) is 4.19. The highest BCUT2D eigenvalue weighted by Crippen LogP contribution is 2.38. The second kappa shape index (κ2) is 8.92. The molecule has 0 bridgehead atoms. The van der Waals surface area contributed by atoms with E-state index in [1.807, 2.05) is 22.9 Å².